The monoisotopic (exact) mass is 357 g/mol. The van der Waals surface area contributed by atoms with E-state index in [9.17, 15) is 18.8 Å². The van der Waals surface area contributed by atoms with Crippen molar-refractivity contribution in [1.29, 1.82) is 0 Å². The summed E-state index contributed by atoms with van der Waals surface area (Å²) in [5, 5.41) is 2.42. The van der Waals surface area contributed by atoms with Crippen molar-refractivity contribution in [2.75, 3.05) is 11.9 Å². The van der Waals surface area contributed by atoms with Gasteiger partial charge in [0.2, 0.25) is 0 Å². The molecule has 0 heterocycles. The lowest BCUT2D eigenvalue weighted by Crippen LogP contribution is -2.21. The fraction of sp³-hybridized carbons (Fsp3) is 0.250. The van der Waals surface area contributed by atoms with E-state index in [1.165, 1.54) is 18.2 Å². The normalized spacial score (nSPS) is 10.3. The van der Waals surface area contributed by atoms with Gasteiger partial charge in [0.1, 0.15) is 5.82 Å². The van der Waals surface area contributed by atoms with E-state index in [0.717, 1.165) is 17.2 Å². The predicted molar refractivity (Wildman–Crippen MR) is 95.5 cm³/mol. The Morgan fingerprint density at radius 1 is 1.00 bits per heavy atom. The summed E-state index contributed by atoms with van der Waals surface area (Å²) in [5.41, 5.74) is 2.92. The van der Waals surface area contributed by atoms with Gasteiger partial charge in [0.05, 0.1) is 6.42 Å². The lowest BCUT2D eigenvalue weighted by molar-refractivity contribution is -0.147. The van der Waals surface area contributed by atoms with Crippen LogP contribution in [0.5, 0.6) is 0 Å². The first-order valence-electron chi connectivity index (χ1n) is 8.16. The zero-order chi connectivity index (χ0) is 19.1. The van der Waals surface area contributed by atoms with Crippen LogP contribution in [0.25, 0.3) is 0 Å². The summed E-state index contributed by atoms with van der Waals surface area (Å²) < 4.78 is 17.9. The lowest BCUT2D eigenvalue weighted by Gasteiger charge is -2.07. The number of amides is 1. The molecule has 2 aromatic rings. The maximum atomic E-state index is 13.0. The van der Waals surface area contributed by atoms with Gasteiger partial charge in [0.15, 0.2) is 12.4 Å². The van der Waals surface area contributed by atoms with Crippen molar-refractivity contribution in [3.8, 4) is 0 Å². The number of nitrogens with one attached hydrogen (secondary N) is 1. The number of aryl methyl sites for hydroxylation is 2. The fourth-order valence-corrected chi connectivity index (χ4v) is 2.26. The first-order chi connectivity index (χ1) is 12.3. The second kappa shape index (κ2) is 8.89. The summed E-state index contributed by atoms with van der Waals surface area (Å²) in [6, 6.07) is 10.8. The number of carbonyl (C=O) groups excluding carboxylic acids is 3. The van der Waals surface area contributed by atoms with Crippen molar-refractivity contribution in [2.45, 2.75) is 26.7 Å². The number of Topliss-reactive ketones (excluding diaryl/α,β-unsaturated/α-hetero) is 1. The molecule has 0 aliphatic rings. The van der Waals surface area contributed by atoms with Crippen LogP contribution >= 0.6 is 0 Å². The number of anilines is 1. The van der Waals surface area contributed by atoms with Crippen molar-refractivity contribution in [3.63, 3.8) is 0 Å². The van der Waals surface area contributed by atoms with E-state index < -0.39 is 24.3 Å². The molecule has 0 aromatic heterocycles. The smallest absolute Gasteiger partial charge is 0.306 e. The minimum atomic E-state index is -0.642. The fourth-order valence-electron chi connectivity index (χ4n) is 2.26. The molecule has 0 fully saturated rings. The standard InChI is InChI=1S/C20H20FNO4/c1-13-6-7-15(10-14(13)2)18(23)8-9-20(25)26-12-19(24)22-17-5-3-4-16(21)11-17/h3-7,10-11H,8-9,12H2,1-2H3,(H,22,24). The number of carbonyl (C=O) groups is 3. The van der Waals surface area contributed by atoms with Crippen LogP contribution in [0.1, 0.15) is 34.3 Å². The number of halogens is 1. The van der Waals surface area contributed by atoms with Crippen LogP contribution in [0.2, 0.25) is 0 Å². The van der Waals surface area contributed by atoms with Gasteiger partial charge in [-0.15, -0.1) is 0 Å². The predicted octanol–water partition coefficient (Wildman–Crippen LogP) is 3.59. The van der Waals surface area contributed by atoms with Crippen molar-refractivity contribution in [1.82, 2.24) is 0 Å². The lowest BCUT2D eigenvalue weighted by atomic mass is 10.0. The van der Waals surface area contributed by atoms with Crippen molar-refractivity contribution >= 4 is 23.3 Å². The Bertz CT molecular complexity index is 832. The van der Waals surface area contributed by atoms with Gasteiger partial charge >= 0.3 is 5.97 Å². The Morgan fingerprint density at radius 2 is 1.77 bits per heavy atom. The Balaban J connectivity index is 1.75. The van der Waals surface area contributed by atoms with Crippen molar-refractivity contribution < 1.29 is 23.5 Å². The molecule has 26 heavy (non-hydrogen) atoms. The summed E-state index contributed by atoms with van der Waals surface area (Å²) in [4.78, 5) is 35.5. The molecule has 0 aliphatic carbocycles. The maximum Gasteiger partial charge on any atom is 0.306 e. The van der Waals surface area contributed by atoms with Gasteiger partial charge in [0, 0.05) is 17.7 Å². The third-order valence-corrected chi connectivity index (χ3v) is 3.86. The molecule has 0 atom stereocenters. The Labute approximate surface area is 151 Å². The highest BCUT2D eigenvalue weighted by Gasteiger charge is 2.12. The van der Waals surface area contributed by atoms with Crippen LogP contribution < -0.4 is 5.32 Å². The number of hydrogen-bond acceptors (Lipinski definition) is 4. The summed E-state index contributed by atoms with van der Waals surface area (Å²) in [6.45, 7) is 3.38. The molecule has 136 valence electrons. The largest absolute Gasteiger partial charge is 0.456 e. The Morgan fingerprint density at radius 3 is 2.46 bits per heavy atom. The van der Waals surface area contributed by atoms with Crippen molar-refractivity contribution in [2.24, 2.45) is 0 Å². The van der Waals surface area contributed by atoms with E-state index in [1.54, 1.807) is 12.1 Å². The van der Waals surface area contributed by atoms with Gasteiger partial charge in [-0.3, -0.25) is 14.4 Å². The van der Waals surface area contributed by atoms with E-state index in [0.29, 0.717) is 5.56 Å². The highest BCUT2D eigenvalue weighted by molar-refractivity contribution is 5.98. The van der Waals surface area contributed by atoms with E-state index in [4.69, 9.17) is 4.74 Å². The zero-order valence-electron chi connectivity index (χ0n) is 14.7. The number of ether oxygens (including phenoxy) is 1. The third kappa shape index (κ3) is 5.81. The third-order valence-electron chi connectivity index (χ3n) is 3.86. The van der Waals surface area contributed by atoms with E-state index in [-0.39, 0.29) is 24.3 Å². The van der Waals surface area contributed by atoms with E-state index in [1.807, 2.05) is 19.9 Å². The zero-order valence-corrected chi connectivity index (χ0v) is 14.7. The van der Waals surface area contributed by atoms with Crippen LogP contribution in [-0.2, 0) is 14.3 Å². The summed E-state index contributed by atoms with van der Waals surface area (Å²) >= 11 is 0. The number of benzene rings is 2. The molecular formula is C20H20FNO4. The first-order valence-corrected chi connectivity index (χ1v) is 8.16. The molecule has 0 radical (unpaired) electrons. The van der Waals surface area contributed by atoms with Crippen LogP contribution in [0, 0.1) is 19.7 Å². The number of ketones is 1. The molecular weight excluding hydrogens is 337 g/mol. The van der Waals surface area contributed by atoms with Crippen LogP contribution in [0.3, 0.4) is 0 Å². The highest BCUT2D eigenvalue weighted by atomic mass is 19.1. The molecule has 0 saturated heterocycles. The molecule has 0 bridgehead atoms. The van der Waals surface area contributed by atoms with E-state index >= 15 is 0 Å². The van der Waals surface area contributed by atoms with Gasteiger partial charge < -0.3 is 10.1 Å². The Hall–Kier alpha value is -3.02. The number of rotatable bonds is 7. The summed E-state index contributed by atoms with van der Waals surface area (Å²) in [6.07, 6.45) is -0.105. The second-order valence-corrected chi connectivity index (χ2v) is 5.94. The minimum absolute atomic E-state index is 0.00680. The quantitative estimate of drug-likeness (QED) is 0.607. The molecule has 0 spiro atoms. The molecule has 0 aliphatic heterocycles. The maximum absolute atomic E-state index is 13.0. The second-order valence-electron chi connectivity index (χ2n) is 5.94. The summed E-state index contributed by atoms with van der Waals surface area (Å²) in [7, 11) is 0. The van der Waals surface area contributed by atoms with Gasteiger partial charge in [0.25, 0.3) is 5.91 Å². The highest BCUT2D eigenvalue weighted by Crippen LogP contribution is 2.13. The molecule has 0 saturated carbocycles. The average molecular weight is 357 g/mol. The van der Waals surface area contributed by atoms with Gasteiger partial charge in [-0.25, -0.2) is 4.39 Å². The molecule has 0 unspecified atom stereocenters. The Kier molecular flexibility index (Phi) is 6.60. The first kappa shape index (κ1) is 19.3. The number of esters is 1. The topological polar surface area (TPSA) is 72.5 Å². The molecule has 6 heteroatoms. The molecule has 5 nitrogen and oxygen atoms in total. The SMILES string of the molecule is Cc1ccc(C(=O)CCC(=O)OCC(=O)Nc2cccc(F)c2)cc1C. The molecule has 1 N–H and O–H groups in total. The van der Waals surface area contributed by atoms with Gasteiger partial charge in [-0.05, 0) is 49.2 Å². The number of hydrogen-bond donors (Lipinski definition) is 1. The van der Waals surface area contributed by atoms with Gasteiger partial charge in [-0.1, -0.05) is 18.2 Å². The molecule has 1 amide bonds. The van der Waals surface area contributed by atoms with Crippen LogP contribution in [-0.4, -0.2) is 24.3 Å². The van der Waals surface area contributed by atoms with Crippen LogP contribution in [0.4, 0.5) is 10.1 Å². The van der Waals surface area contributed by atoms with Crippen LogP contribution in [0.15, 0.2) is 42.5 Å². The minimum Gasteiger partial charge on any atom is -0.456 e. The van der Waals surface area contributed by atoms with E-state index in [2.05, 4.69) is 5.32 Å². The summed E-state index contributed by atoms with van der Waals surface area (Å²) in [5.74, 6) is -1.86. The van der Waals surface area contributed by atoms with Crippen molar-refractivity contribution in [3.05, 3.63) is 65.0 Å². The van der Waals surface area contributed by atoms with Gasteiger partial charge in [-0.2, -0.15) is 0 Å². The molecule has 2 aromatic carbocycles. The average Bonchev–Trinajstić information content (AvgIpc) is 2.60. The molecule has 2 rings (SSSR count).